The van der Waals surface area contributed by atoms with E-state index < -0.39 is 35.6 Å². The minimum Gasteiger partial charge on any atom is -0.385 e. The Bertz CT molecular complexity index is 1310. The predicted octanol–water partition coefficient (Wildman–Crippen LogP) is 6.27. The van der Waals surface area contributed by atoms with Crippen LogP contribution in [-0.2, 0) is 41.2 Å². The molecule has 2 aliphatic rings. The summed E-state index contributed by atoms with van der Waals surface area (Å²) in [5.41, 5.74) is 4.27. The molecule has 6 nitrogen and oxygen atoms in total. The lowest BCUT2D eigenvalue weighted by atomic mass is 9.83. The van der Waals surface area contributed by atoms with Crippen LogP contribution in [0.25, 0.3) is 0 Å². The molecule has 2 aromatic rings. The van der Waals surface area contributed by atoms with Gasteiger partial charge in [0, 0.05) is 10.6 Å². The number of rotatable bonds is 5. The summed E-state index contributed by atoms with van der Waals surface area (Å²) in [6.45, 7) is 13.2. The maximum absolute atomic E-state index is 15.2. The standard InChI is InChI=1S/C25H36FN3O3S2Si/c1-24(2,3)35(6,7)29-34(32,22-19(26)14-20(33-22)25(4,5)31)28-23(30)27-21-17-10-8-9-15(17)13-16-11-12-18(16)21/h13-14,31H,8-12H2,1-7H3,(H2,27,28,29,30,32). The molecule has 0 saturated carbocycles. The zero-order valence-corrected chi connectivity index (χ0v) is 24.2. The Balaban J connectivity index is 1.79. The summed E-state index contributed by atoms with van der Waals surface area (Å²) in [6.07, 6.45) is 4.82. The smallest absolute Gasteiger partial charge is 0.354 e. The van der Waals surface area contributed by atoms with E-state index in [1.807, 2.05) is 33.9 Å². The van der Waals surface area contributed by atoms with E-state index in [9.17, 15) is 14.1 Å². The molecule has 3 N–H and O–H groups in total. The average Bonchev–Trinajstić information content (AvgIpc) is 3.29. The summed E-state index contributed by atoms with van der Waals surface area (Å²) in [4.78, 5) is 13.6. The first-order valence-corrected chi connectivity index (χ1v) is 17.4. The molecule has 1 aromatic heterocycles. The van der Waals surface area contributed by atoms with Crippen molar-refractivity contribution >= 4 is 41.2 Å². The van der Waals surface area contributed by atoms with E-state index in [1.165, 1.54) is 17.2 Å². The fourth-order valence-electron chi connectivity index (χ4n) is 4.29. The number of halogens is 1. The molecule has 1 heterocycles. The zero-order chi connectivity index (χ0) is 26.0. The maximum atomic E-state index is 15.2. The predicted molar refractivity (Wildman–Crippen MR) is 144 cm³/mol. The molecule has 0 fully saturated rings. The van der Waals surface area contributed by atoms with Gasteiger partial charge >= 0.3 is 6.03 Å². The van der Waals surface area contributed by atoms with Gasteiger partial charge < -0.3 is 10.4 Å². The van der Waals surface area contributed by atoms with E-state index in [0.29, 0.717) is 4.88 Å². The number of carbonyl (C=O) groups is 1. The Hall–Kier alpha value is -1.59. The van der Waals surface area contributed by atoms with Gasteiger partial charge in [0.05, 0.1) is 5.60 Å². The van der Waals surface area contributed by atoms with Crippen molar-refractivity contribution in [1.82, 2.24) is 4.39 Å². The van der Waals surface area contributed by atoms with Gasteiger partial charge in [-0.2, -0.15) is 0 Å². The average molecular weight is 538 g/mol. The second kappa shape index (κ2) is 8.76. The maximum Gasteiger partial charge on any atom is 0.354 e. The van der Waals surface area contributed by atoms with Crippen LogP contribution in [0.1, 0.15) is 68.2 Å². The fourth-order valence-corrected chi connectivity index (χ4v) is 11.5. The monoisotopic (exact) mass is 537 g/mol. The number of hydrogen-bond donors (Lipinski definition) is 3. The van der Waals surface area contributed by atoms with Crippen LogP contribution in [0.3, 0.4) is 0 Å². The molecule has 0 spiro atoms. The minimum absolute atomic E-state index is 0.152. The molecule has 4 rings (SSSR count). The van der Waals surface area contributed by atoms with Gasteiger partial charge in [-0.05, 0) is 79.3 Å². The van der Waals surface area contributed by atoms with Crippen LogP contribution in [0.4, 0.5) is 14.9 Å². The van der Waals surface area contributed by atoms with Crippen molar-refractivity contribution in [2.24, 2.45) is 4.36 Å². The number of nitrogens with zero attached hydrogens (tertiary/aromatic N) is 1. The van der Waals surface area contributed by atoms with E-state index >= 15 is 4.39 Å². The third-order valence-corrected chi connectivity index (χ3v) is 17.6. The summed E-state index contributed by atoms with van der Waals surface area (Å²) in [7, 11) is -6.15. The molecular formula is C25H36FN3O3S2Si. The van der Waals surface area contributed by atoms with Crippen LogP contribution in [0.5, 0.6) is 0 Å². The summed E-state index contributed by atoms with van der Waals surface area (Å²) >= 11 is 0.895. The summed E-state index contributed by atoms with van der Waals surface area (Å²) in [5, 5.41) is 13.1. The molecular weight excluding hydrogens is 502 g/mol. The first-order chi connectivity index (χ1) is 16.0. The van der Waals surface area contributed by atoms with Crippen molar-refractivity contribution in [2.45, 2.75) is 94.7 Å². The number of carbonyl (C=O) groups excluding carboxylic acids is 1. The first kappa shape index (κ1) is 26.5. The number of amides is 2. The van der Waals surface area contributed by atoms with Gasteiger partial charge in [0.25, 0.3) is 0 Å². The van der Waals surface area contributed by atoms with Gasteiger partial charge in [-0.1, -0.05) is 39.9 Å². The molecule has 1 atom stereocenters. The zero-order valence-electron chi connectivity index (χ0n) is 21.6. The lowest BCUT2D eigenvalue weighted by molar-refractivity contribution is 0.0823. The number of fused-ring (bicyclic) bond motifs is 2. The van der Waals surface area contributed by atoms with Crippen molar-refractivity contribution in [3.63, 3.8) is 0 Å². The van der Waals surface area contributed by atoms with Gasteiger partial charge in [-0.15, -0.1) is 15.7 Å². The van der Waals surface area contributed by atoms with Crippen molar-refractivity contribution in [2.75, 3.05) is 5.32 Å². The largest absolute Gasteiger partial charge is 0.385 e. The number of thiophene rings is 1. The van der Waals surface area contributed by atoms with E-state index in [0.717, 1.165) is 60.3 Å². The van der Waals surface area contributed by atoms with Crippen LogP contribution < -0.4 is 9.70 Å². The lowest BCUT2D eigenvalue weighted by Crippen LogP contribution is -2.54. The Labute approximate surface area is 213 Å². The van der Waals surface area contributed by atoms with E-state index in [4.69, 9.17) is 0 Å². The molecule has 2 amide bonds. The van der Waals surface area contributed by atoms with Gasteiger partial charge in [0.2, 0.25) is 0 Å². The molecule has 0 bridgehead atoms. The van der Waals surface area contributed by atoms with Gasteiger partial charge in [-0.3, -0.25) is 0 Å². The quantitative estimate of drug-likeness (QED) is 0.393. The van der Waals surface area contributed by atoms with Crippen LogP contribution in [0.2, 0.25) is 18.1 Å². The number of urea groups is 1. The molecule has 0 saturated heterocycles. The first-order valence-electron chi connectivity index (χ1n) is 12.1. The summed E-state index contributed by atoms with van der Waals surface area (Å²) in [6, 6.07) is 2.69. The Morgan fingerprint density at radius 2 is 1.71 bits per heavy atom. The number of hydrogen-bond acceptors (Lipinski definition) is 4. The van der Waals surface area contributed by atoms with Crippen LogP contribution in [0, 0.1) is 5.82 Å². The highest BCUT2D eigenvalue weighted by molar-refractivity contribution is 7.95. The fraction of sp³-hybridized carbons (Fsp3) is 0.560. The highest BCUT2D eigenvalue weighted by Gasteiger charge is 2.41. The normalized spacial score (nSPS) is 17.3. The number of anilines is 1. The molecule has 2 aliphatic carbocycles. The second-order valence-corrected chi connectivity index (χ2v) is 20.2. The highest BCUT2D eigenvalue weighted by atomic mass is 32.2. The third-order valence-electron chi connectivity index (χ3n) is 7.47. The van der Waals surface area contributed by atoms with E-state index in [2.05, 4.69) is 20.1 Å². The van der Waals surface area contributed by atoms with Gasteiger partial charge in [0.15, 0.2) is 19.9 Å². The number of aliphatic hydroxyl groups is 1. The molecule has 1 aromatic carbocycles. The molecule has 192 valence electrons. The Morgan fingerprint density at radius 3 is 2.26 bits per heavy atom. The Morgan fingerprint density at radius 1 is 1.09 bits per heavy atom. The van der Waals surface area contributed by atoms with Crippen LogP contribution in [0.15, 0.2) is 20.7 Å². The highest BCUT2D eigenvalue weighted by Crippen LogP contribution is 2.41. The van der Waals surface area contributed by atoms with Gasteiger partial charge in [-0.25, -0.2) is 17.8 Å². The van der Waals surface area contributed by atoms with Crippen molar-refractivity contribution in [3.8, 4) is 0 Å². The van der Waals surface area contributed by atoms with E-state index in [-0.39, 0.29) is 9.25 Å². The molecule has 0 radical (unpaired) electrons. The Kier molecular flexibility index (Phi) is 6.63. The summed E-state index contributed by atoms with van der Waals surface area (Å²) in [5.74, 6) is -0.732. The molecule has 0 aliphatic heterocycles. The van der Waals surface area contributed by atoms with Gasteiger partial charge in [0.1, 0.15) is 8.24 Å². The number of aryl methyl sites for hydroxylation is 2. The number of benzene rings is 1. The molecule has 1 unspecified atom stereocenters. The van der Waals surface area contributed by atoms with Crippen molar-refractivity contribution < 1.29 is 18.5 Å². The topological polar surface area (TPSA) is 90.8 Å². The molecule has 35 heavy (non-hydrogen) atoms. The molecule has 10 heteroatoms. The van der Waals surface area contributed by atoms with Crippen LogP contribution in [-0.4, -0.2) is 23.6 Å². The summed E-state index contributed by atoms with van der Waals surface area (Å²) < 4.78 is 36.7. The minimum atomic E-state index is -3.66. The second-order valence-electron chi connectivity index (χ2n) is 11.7. The third kappa shape index (κ3) is 5.00. The lowest BCUT2D eigenvalue weighted by Gasteiger charge is -2.37. The SMILES string of the molecule is CC(C)(O)c1cc(F)c(S(=O)(=NC(=O)Nc2c3c(cc4c2CC4)CCC3)N[Si](C)(C)C(C)(C)C)s1. The van der Waals surface area contributed by atoms with Crippen molar-refractivity contribution in [1.29, 1.82) is 0 Å². The van der Waals surface area contributed by atoms with Crippen LogP contribution >= 0.6 is 11.3 Å². The van der Waals surface area contributed by atoms with Crippen molar-refractivity contribution in [3.05, 3.63) is 45.1 Å². The number of nitrogens with one attached hydrogen (secondary N) is 2. The van der Waals surface area contributed by atoms with E-state index in [1.54, 1.807) is 13.8 Å².